The smallest absolute Gasteiger partial charge is 0.119 e. The van der Waals surface area contributed by atoms with Gasteiger partial charge >= 0.3 is 0 Å². The Morgan fingerprint density at radius 2 is 1.83 bits per heavy atom. The molecule has 18 heavy (non-hydrogen) atoms. The van der Waals surface area contributed by atoms with Crippen LogP contribution in [0.15, 0.2) is 24.3 Å². The number of benzene rings is 1. The maximum atomic E-state index is 6.37. The van der Waals surface area contributed by atoms with Crippen molar-refractivity contribution >= 4 is 0 Å². The van der Waals surface area contributed by atoms with Crippen molar-refractivity contribution in [2.24, 2.45) is 17.6 Å². The summed E-state index contributed by atoms with van der Waals surface area (Å²) in [6.07, 6.45) is 0. The van der Waals surface area contributed by atoms with Gasteiger partial charge in [0.05, 0.1) is 6.61 Å². The second kappa shape index (κ2) is 7.39. The van der Waals surface area contributed by atoms with Gasteiger partial charge in [0, 0.05) is 6.04 Å². The van der Waals surface area contributed by atoms with Crippen molar-refractivity contribution in [3.05, 3.63) is 29.8 Å². The Morgan fingerprint density at radius 3 is 2.28 bits per heavy atom. The molecule has 102 valence electrons. The number of nitrogens with one attached hydrogen (secondary N) is 1. The van der Waals surface area contributed by atoms with Crippen LogP contribution in [0.1, 0.15) is 32.4 Å². The summed E-state index contributed by atoms with van der Waals surface area (Å²) in [5.74, 6) is 1.90. The van der Waals surface area contributed by atoms with Gasteiger partial charge in [-0.15, -0.1) is 0 Å². The maximum Gasteiger partial charge on any atom is 0.119 e. The third-order valence-corrected chi connectivity index (χ3v) is 3.33. The third-order valence-electron chi connectivity index (χ3n) is 3.33. The van der Waals surface area contributed by atoms with E-state index in [1.54, 1.807) is 0 Å². The molecule has 3 heteroatoms. The normalized spacial score (nSPS) is 14.6. The summed E-state index contributed by atoms with van der Waals surface area (Å²) in [5.41, 5.74) is 7.54. The van der Waals surface area contributed by atoms with Crippen molar-refractivity contribution in [3.8, 4) is 5.75 Å². The highest BCUT2D eigenvalue weighted by Gasteiger charge is 2.21. The summed E-state index contributed by atoms with van der Waals surface area (Å²) in [5, 5.41) is 3.23. The lowest BCUT2D eigenvalue weighted by Gasteiger charge is -2.27. The monoisotopic (exact) mass is 250 g/mol. The van der Waals surface area contributed by atoms with Gasteiger partial charge in [-0.05, 0) is 50.0 Å². The van der Waals surface area contributed by atoms with Gasteiger partial charge in [-0.25, -0.2) is 0 Å². The lowest BCUT2D eigenvalue weighted by molar-refractivity contribution is 0.313. The van der Waals surface area contributed by atoms with Gasteiger partial charge in [0.2, 0.25) is 0 Å². The first kappa shape index (κ1) is 15.0. The average Bonchev–Trinajstić information content (AvgIpc) is 2.36. The molecule has 0 saturated carbocycles. The van der Waals surface area contributed by atoms with E-state index in [2.05, 4.69) is 31.3 Å². The molecule has 0 saturated heterocycles. The highest BCUT2D eigenvalue weighted by molar-refractivity contribution is 5.29. The van der Waals surface area contributed by atoms with E-state index in [-0.39, 0.29) is 6.04 Å². The highest BCUT2D eigenvalue weighted by Crippen LogP contribution is 2.26. The Hall–Kier alpha value is -1.06. The van der Waals surface area contributed by atoms with Crippen molar-refractivity contribution in [2.75, 3.05) is 20.2 Å². The van der Waals surface area contributed by atoms with Crippen LogP contribution in [0, 0.1) is 11.8 Å². The van der Waals surface area contributed by atoms with E-state index in [1.807, 2.05) is 26.1 Å². The number of nitrogens with two attached hydrogens (primary N) is 1. The van der Waals surface area contributed by atoms with Gasteiger partial charge in [-0.1, -0.05) is 26.0 Å². The zero-order valence-electron chi connectivity index (χ0n) is 11.9. The second-order valence-corrected chi connectivity index (χ2v) is 4.99. The Labute approximate surface area is 111 Å². The van der Waals surface area contributed by atoms with E-state index < -0.39 is 0 Å². The fraction of sp³-hybridized carbons (Fsp3) is 0.600. The molecule has 0 aliphatic carbocycles. The van der Waals surface area contributed by atoms with Gasteiger partial charge in [0.1, 0.15) is 5.75 Å². The number of hydrogen-bond acceptors (Lipinski definition) is 3. The van der Waals surface area contributed by atoms with Crippen LogP contribution in [0.4, 0.5) is 0 Å². The molecule has 2 atom stereocenters. The second-order valence-electron chi connectivity index (χ2n) is 4.99. The summed E-state index contributed by atoms with van der Waals surface area (Å²) in [6.45, 7) is 8.06. The molecule has 0 aliphatic rings. The molecule has 1 aromatic carbocycles. The van der Waals surface area contributed by atoms with E-state index in [0.29, 0.717) is 18.4 Å². The molecule has 2 unspecified atom stereocenters. The fourth-order valence-electron chi connectivity index (χ4n) is 2.21. The Bertz CT molecular complexity index is 335. The zero-order chi connectivity index (χ0) is 13.5. The first-order valence-corrected chi connectivity index (χ1v) is 6.73. The van der Waals surface area contributed by atoms with E-state index in [0.717, 1.165) is 12.3 Å². The number of ether oxygens (including phenoxy) is 1. The summed E-state index contributed by atoms with van der Waals surface area (Å²) in [7, 11) is 1.97. The van der Waals surface area contributed by atoms with Crippen LogP contribution in [0.5, 0.6) is 5.75 Å². The SMILES string of the molecule is CCOc1ccc(C(N)C(CNC)C(C)C)cc1. The molecule has 0 radical (unpaired) electrons. The minimum absolute atomic E-state index is 0.0631. The van der Waals surface area contributed by atoms with E-state index >= 15 is 0 Å². The van der Waals surface area contributed by atoms with E-state index in [4.69, 9.17) is 10.5 Å². The molecule has 0 aliphatic heterocycles. The van der Waals surface area contributed by atoms with Gasteiger partial charge < -0.3 is 15.8 Å². The fourth-order valence-corrected chi connectivity index (χ4v) is 2.21. The summed E-state index contributed by atoms with van der Waals surface area (Å²) in [6, 6.07) is 8.19. The molecular weight excluding hydrogens is 224 g/mol. The van der Waals surface area contributed by atoms with Crippen molar-refractivity contribution in [2.45, 2.75) is 26.8 Å². The Morgan fingerprint density at radius 1 is 1.22 bits per heavy atom. The van der Waals surface area contributed by atoms with Crippen LogP contribution in [0.3, 0.4) is 0 Å². The molecule has 3 nitrogen and oxygen atoms in total. The Kier molecular flexibility index (Phi) is 6.16. The molecule has 0 bridgehead atoms. The maximum absolute atomic E-state index is 6.37. The van der Waals surface area contributed by atoms with Crippen LogP contribution in [0.2, 0.25) is 0 Å². The molecule has 0 amide bonds. The Balaban J connectivity index is 2.77. The van der Waals surface area contributed by atoms with Crippen LogP contribution >= 0.6 is 0 Å². The van der Waals surface area contributed by atoms with Gasteiger partial charge in [0.25, 0.3) is 0 Å². The molecule has 3 N–H and O–H groups in total. The molecular formula is C15H26N2O. The van der Waals surface area contributed by atoms with Gasteiger partial charge in [-0.2, -0.15) is 0 Å². The molecule has 1 aromatic rings. The van der Waals surface area contributed by atoms with Crippen LogP contribution in [-0.2, 0) is 0 Å². The standard InChI is InChI=1S/C15H26N2O/c1-5-18-13-8-6-12(7-9-13)15(16)14(10-17-4)11(2)3/h6-9,11,14-15,17H,5,10,16H2,1-4H3. The predicted octanol–water partition coefficient (Wildman–Crippen LogP) is 2.58. The summed E-state index contributed by atoms with van der Waals surface area (Å²) < 4.78 is 5.44. The van der Waals surface area contributed by atoms with Crippen LogP contribution < -0.4 is 15.8 Å². The molecule has 0 aromatic heterocycles. The summed E-state index contributed by atoms with van der Waals surface area (Å²) in [4.78, 5) is 0. The minimum atomic E-state index is 0.0631. The van der Waals surface area contributed by atoms with Crippen molar-refractivity contribution in [1.29, 1.82) is 0 Å². The van der Waals surface area contributed by atoms with Crippen LogP contribution in [-0.4, -0.2) is 20.2 Å². The topological polar surface area (TPSA) is 47.3 Å². The lowest BCUT2D eigenvalue weighted by atomic mass is 9.85. The molecule has 0 spiro atoms. The third kappa shape index (κ3) is 4.00. The first-order chi connectivity index (χ1) is 8.60. The van der Waals surface area contributed by atoms with Crippen molar-refractivity contribution < 1.29 is 4.74 Å². The van der Waals surface area contributed by atoms with E-state index in [9.17, 15) is 0 Å². The predicted molar refractivity (Wildman–Crippen MR) is 76.8 cm³/mol. The minimum Gasteiger partial charge on any atom is -0.494 e. The number of hydrogen-bond donors (Lipinski definition) is 2. The lowest BCUT2D eigenvalue weighted by Crippen LogP contribution is -2.33. The number of rotatable bonds is 7. The van der Waals surface area contributed by atoms with Gasteiger partial charge in [-0.3, -0.25) is 0 Å². The average molecular weight is 250 g/mol. The van der Waals surface area contributed by atoms with Gasteiger partial charge in [0.15, 0.2) is 0 Å². The zero-order valence-corrected chi connectivity index (χ0v) is 11.9. The molecule has 0 fully saturated rings. The largest absolute Gasteiger partial charge is 0.494 e. The molecule has 0 heterocycles. The van der Waals surface area contributed by atoms with Crippen molar-refractivity contribution in [1.82, 2.24) is 5.32 Å². The first-order valence-electron chi connectivity index (χ1n) is 6.73. The van der Waals surface area contributed by atoms with Crippen molar-refractivity contribution in [3.63, 3.8) is 0 Å². The molecule has 1 rings (SSSR count). The van der Waals surface area contributed by atoms with Crippen LogP contribution in [0.25, 0.3) is 0 Å². The van der Waals surface area contributed by atoms with E-state index in [1.165, 1.54) is 5.56 Å². The quantitative estimate of drug-likeness (QED) is 0.782. The summed E-state index contributed by atoms with van der Waals surface area (Å²) >= 11 is 0. The highest BCUT2D eigenvalue weighted by atomic mass is 16.5.